The predicted molar refractivity (Wildman–Crippen MR) is 67.0 cm³/mol. The molecule has 1 aromatic carbocycles. The molecule has 2 N–H and O–H groups in total. The van der Waals surface area contributed by atoms with Crippen LogP contribution in [0.25, 0.3) is 0 Å². The zero-order valence-electron chi connectivity index (χ0n) is 10.3. The molecule has 0 bridgehead atoms. The van der Waals surface area contributed by atoms with Gasteiger partial charge in [0.1, 0.15) is 5.78 Å². The maximum absolute atomic E-state index is 11.9. The van der Waals surface area contributed by atoms with Gasteiger partial charge in [0.2, 0.25) is 0 Å². The van der Waals surface area contributed by atoms with Gasteiger partial charge in [-0.3, -0.25) is 4.79 Å². The third-order valence-electron chi connectivity index (χ3n) is 2.84. The summed E-state index contributed by atoms with van der Waals surface area (Å²) in [7, 11) is 0. The average molecular weight is 219 g/mol. The summed E-state index contributed by atoms with van der Waals surface area (Å²) in [6.07, 6.45) is 0.613. The fourth-order valence-corrected chi connectivity index (χ4v) is 1.75. The second-order valence-corrected chi connectivity index (χ2v) is 4.79. The number of nitrogens with two attached hydrogens (primary N) is 1. The van der Waals surface area contributed by atoms with Crippen molar-refractivity contribution in [2.75, 3.05) is 0 Å². The summed E-state index contributed by atoms with van der Waals surface area (Å²) in [5, 5.41) is 0. The van der Waals surface area contributed by atoms with Gasteiger partial charge in [-0.1, -0.05) is 51.1 Å². The highest BCUT2D eigenvalue weighted by Crippen LogP contribution is 2.22. The number of Topliss-reactive ketones (excluding diaryl/α,β-unsaturated/α-hetero) is 1. The van der Waals surface area contributed by atoms with E-state index in [2.05, 4.69) is 13.8 Å². The first-order valence-electron chi connectivity index (χ1n) is 5.85. The SMILES string of the molecule is CC(C)CC(=O)C(C)C(N)c1ccccc1. The Balaban J connectivity index is 2.67. The maximum Gasteiger partial charge on any atom is 0.137 e. The zero-order valence-corrected chi connectivity index (χ0v) is 10.3. The van der Waals surface area contributed by atoms with Crippen molar-refractivity contribution in [3.05, 3.63) is 35.9 Å². The van der Waals surface area contributed by atoms with Crippen molar-refractivity contribution in [1.82, 2.24) is 0 Å². The molecule has 0 aliphatic carbocycles. The van der Waals surface area contributed by atoms with Crippen LogP contribution in [0.1, 0.15) is 38.8 Å². The number of hydrogen-bond acceptors (Lipinski definition) is 2. The molecule has 0 fully saturated rings. The van der Waals surface area contributed by atoms with Crippen LogP contribution in [0.2, 0.25) is 0 Å². The molecule has 0 radical (unpaired) electrons. The largest absolute Gasteiger partial charge is 0.323 e. The highest BCUT2D eigenvalue weighted by Gasteiger charge is 2.22. The monoisotopic (exact) mass is 219 g/mol. The summed E-state index contributed by atoms with van der Waals surface area (Å²) in [5.74, 6) is 0.550. The molecule has 2 unspecified atom stereocenters. The molecule has 0 saturated heterocycles. The van der Waals surface area contributed by atoms with E-state index in [1.807, 2.05) is 37.3 Å². The Kier molecular flexibility index (Phi) is 4.69. The Labute approximate surface area is 97.9 Å². The van der Waals surface area contributed by atoms with Crippen molar-refractivity contribution in [3.8, 4) is 0 Å². The van der Waals surface area contributed by atoms with E-state index in [0.29, 0.717) is 12.3 Å². The zero-order chi connectivity index (χ0) is 12.1. The van der Waals surface area contributed by atoms with Gasteiger partial charge in [0, 0.05) is 18.4 Å². The maximum atomic E-state index is 11.9. The van der Waals surface area contributed by atoms with Gasteiger partial charge in [0.25, 0.3) is 0 Å². The van der Waals surface area contributed by atoms with Crippen LogP contribution in [0.15, 0.2) is 30.3 Å². The van der Waals surface area contributed by atoms with Crippen molar-refractivity contribution in [2.45, 2.75) is 33.2 Å². The summed E-state index contributed by atoms with van der Waals surface area (Å²) in [4.78, 5) is 11.9. The number of carbonyl (C=O) groups is 1. The lowest BCUT2D eigenvalue weighted by Crippen LogP contribution is -2.26. The molecule has 0 heterocycles. The smallest absolute Gasteiger partial charge is 0.137 e. The number of benzene rings is 1. The van der Waals surface area contributed by atoms with Gasteiger partial charge >= 0.3 is 0 Å². The van der Waals surface area contributed by atoms with Gasteiger partial charge < -0.3 is 5.73 Å². The number of rotatable bonds is 5. The van der Waals surface area contributed by atoms with Crippen LogP contribution < -0.4 is 5.73 Å². The number of carbonyl (C=O) groups excluding carboxylic acids is 1. The Morgan fingerprint density at radius 1 is 1.19 bits per heavy atom. The van der Waals surface area contributed by atoms with Crippen LogP contribution in [0, 0.1) is 11.8 Å². The number of hydrogen-bond donors (Lipinski definition) is 1. The van der Waals surface area contributed by atoms with E-state index in [0.717, 1.165) is 5.56 Å². The highest BCUT2D eigenvalue weighted by molar-refractivity contribution is 5.81. The molecule has 0 aromatic heterocycles. The van der Waals surface area contributed by atoms with Crippen molar-refractivity contribution in [3.63, 3.8) is 0 Å². The van der Waals surface area contributed by atoms with Gasteiger partial charge in [-0.05, 0) is 11.5 Å². The van der Waals surface area contributed by atoms with E-state index in [4.69, 9.17) is 5.73 Å². The van der Waals surface area contributed by atoms with Crippen molar-refractivity contribution >= 4 is 5.78 Å². The molecule has 16 heavy (non-hydrogen) atoms. The van der Waals surface area contributed by atoms with Crippen molar-refractivity contribution in [1.29, 1.82) is 0 Å². The normalized spacial score (nSPS) is 14.8. The minimum atomic E-state index is -0.188. The van der Waals surface area contributed by atoms with E-state index in [1.54, 1.807) is 0 Å². The first-order valence-corrected chi connectivity index (χ1v) is 5.85. The summed E-state index contributed by atoms with van der Waals surface area (Å²) in [6.45, 7) is 6.03. The molecular formula is C14H21NO. The Morgan fingerprint density at radius 2 is 1.75 bits per heavy atom. The first kappa shape index (κ1) is 12.9. The van der Waals surface area contributed by atoms with Crippen LogP contribution in [0.4, 0.5) is 0 Å². The molecule has 2 nitrogen and oxygen atoms in total. The minimum absolute atomic E-state index is 0.107. The molecule has 2 atom stereocenters. The van der Waals surface area contributed by atoms with E-state index in [1.165, 1.54) is 0 Å². The van der Waals surface area contributed by atoms with E-state index >= 15 is 0 Å². The van der Waals surface area contributed by atoms with E-state index < -0.39 is 0 Å². The third-order valence-corrected chi connectivity index (χ3v) is 2.84. The van der Waals surface area contributed by atoms with Crippen LogP contribution >= 0.6 is 0 Å². The lowest BCUT2D eigenvalue weighted by atomic mass is 9.88. The minimum Gasteiger partial charge on any atom is -0.323 e. The second-order valence-electron chi connectivity index (χ2n) is 4.79. The van der Waals surface area contributed by atoms with Crippen molar-refractivity contribution in [2.24, 2.45) is 17.6 Å². The molecule has 0 aliphatic rings. The fourth-order valence-electron chi connectivity index (χ4n) is 1.75. The molecule has 0 saturated carbocycles. The predicted octanol–water partition coefficient (Wildman–Crippen LogP) is 2.94. The van der Waals surface area contributed by atoms with Crippen LogP contribution in [-0.2, 0) is 4.79 Å². The average Bonchev–Trinajstić information content (AvgIpc) is 2.27. The Hall–Kier alpha value is -1.15. The molecule has 2 heteroatoms. The van der Waals surface area contributed by atoms with Crippen LogP contribution in [0.5, 0.6) is 0 Å². The van der Waals surface area contributed by atoms with Gasteiger partial charge in [-0.15, -0.1) is 0 Å². The molecular weight excluding hydrogens is 198 g/mol. The molecule has 1 rings (SSSR count). The standard InChI is InChI=1S/C14H21NO/c1-10(2)9-13(16)11(3)14(15)12-7-5-4-6-8-12/h4-8,10-11,14H,9,15H2,1-3H3. The van der Waals surface area contributed by atoms with E-state index in [-0.39, 0.29) is 17.7 Å². The topological polar surface area (TPSA) is 43.1 Å². The first-order chi connectivity index (χ1) is 7.52. The molecule has 88 valence electrons. The molecule has 1 aromatic rings. The Morgan fingerprint density at radius 3 is 2.25 bits per heavy atom. The van der Waals surface area contributed by atoms with Crippen LogP contribution in [0.3, 0.4) is 0 Å². The lowest BCUT2D eigenvalue weighted by Gasteiger charge is -2.20. The highest BCUT2D eigenvalue weighted by atomic mass is 16.1. The lowest BCUT2D eigenvalue weighted by molar-refractivity contribution is -0.123. The van der Waals surface area contributed by atoms with Crippen molar-refractivity contribution < 1.29 is 4.79 Å². The fraction of sp³-hybridized carbons (Fsp3) is 0.500. The van der Waals surface area contributed by atoms with Gasteiger partial charge in [-0.2, -0.15) is 0 Å². The molecule has 0 spiro atoms. The molecule has 0 amide bonds. The summed E-state index contributed by atoms with van der Waals surface area (Å²) >= 11 is 0. The Bertz CT molecular complexity index is 332. The quantitative estimate of drug-likeness (QED) is 0.827. The summed E-state index contributed by atoms with van der Waals surface area (Å²) < 4.78 is 0. The van der Waals surface area contributed by atoms with E-state index in [9.17, 15) is 4.79 Å². The van der Waals surface area contributed by atoms with Gasteiger partial charge in [0.15, 0.2) is 0 Å². The summed E-state index contributed by atoms with van der Waals surface area (Å²) in [5.41, 5.74) is 7.13. The van der Waals surface area contributed by atoms with Gasteiger partial charge in [0.05, 0.1) is 0 Å². The number of ketones is 1. The summed E-state index contributed by atoms with van der Waals surface area (Å²) in [6, 6.07) is 9.63. The second kappa shape index (κ2) is 5.80. The van der Waals surface area contributed by atoms with Crippen LogP contribution in [-0.4, -0.2) is 5.78 Å². The van der Waals surface area contributed by atoms with Gasteiger partial charge in [-0.25, -0.2) is 0 Å². The third kappa shape index (κ3) is 3.46. The molecule has 0 aliphatic heterocycles.